The molecule has 2 aromatic rings. The molecule has 206 valence electrons. The van der Waals surface area contributed by atoms with Crippen molar-refractivity contribution in [3.8, 4) is 11.5 Å². The van der Waals surface area contributed by atoms with E-state index in [9.17, 15) is 18.3 Å². The lowest BCUT2D eigenvalue weighted by Crippen LogP contribution is -2.46. The van der Waals surface area contributed by atoms with Crippen LogP contribution >= 0.6 is 0 Å². The molecular weight excluding hydrogens is 492 g/mol. The first kappa shape index (κ1) is 30.4. The molecular formula is C28H42N2O6S. The Morgan fingerprint density at radius 3 is 2.27 bits per heavy atom. The van der Waals surface area contributed by atoms with Gasteiger partial charge in [0.15, 0.2) is 0 Å². The molecule has 0 heterocycles. The summed E-state index contributed by atoms with van der Waals surface area (Å²) in [5, 5.41) is 12.2. The van der Waals surface area contributed by atoms with Gasteiger partial charge in [0.05, 0.1) is 11.8 Å². The highest BCUT2D eigenvalue weighted by atomic mass is 32.2. The molecule has 0 saturated heterocycles. The van der Waals surface area contributed by atoms with Crippen LogP contribution in [0.1, 0.15) is 59.9 Å². The molecule has 1 amide bonds. The van der Waals surface area contributed by atoms with Gasteiger partial charge in [0.2, 0.25) is 10.0 Å². The second kappa shape index (κ2) is 13.7. The number of carbonyl (C=O) groups is 1. The number of rotatable bonds is 13. The van der Waals surface area contributed by atoms with Crippen LogP contribution in [0.15, 0.2) is 54.6 Å². The van der Waals surface area contributed by atoms with Gasteiger partial charge in [-0.05, 0) is 80.1 Å². The van der Waals surface area contributed by atoms with Crippen LogP contribution in [0.2, 0.25) is 0 Å². The highest BCUT2D eigenvalue weighted by Crippen LogP contribution is 2.30. The molecule has 0 radical (unpaired) electrons. The fraction of sp³-hybridized carbons (Fsp3) is 0.536. The highest BCUT2D eigenvalue weighted by Gasteiger charge is 2.39. The molecule has 0 aliphatic carbocycles. The zero-order valence-electron chi connectivity index (χ0n) is 22.8. The Kier molecular flexibility index (Phi) is 11.3. The quantitative estimate of drug-likeness (QED) is 0.328. The Balaban J connectivity index is 2.29. The number of alkyl carbamates (subject to hydrolysis) is 1. The van der Waals surface area contributed by atoms with Gasteiger partial charge in [-0.2, -0.15) is 0 Å². The van der Waals surface area contributed by atoms with Gasteiger partial charge in [0.1, 0.15) is 17.1 Å². The smallest absolute Gasteiger partial charge is 0.407 e. The van der Waals surface area contributed by atoms with Crippen LogP contribution in [-0.4, -0.2) is 48.0 Å². The molecule has 0 aliphatic heterocycles. The Morgan fingerprint density at radius 1 is 1.05 bits per heavy atom. The molecule has 8 nitrogen and oxygen atoms in total. The number of sulfonamides is 1. The lowest BCUT2D eigenvalue weighted by atomic mass is 9.89. The summed E-state index contributed by atoms with van der Waals surface area (Å²) >= 11 is 0. The normalized spacial score (nSPS) is 14.6. The van der Waals surface area contributed by atoms with E-state index in [0.717, 1.165) is 4.47 Å². The van der Waals surface area contributed by atoms with E-state index in [1.807, 2.05) is 32.9 Å². The molecule has 2 aromatic carbocycles. The zero-order valence-corrected chi connectivity index (χ0v) is 23.6. The second-order valence-electron chi connectivity index (χ2n) is 10.4. The molecule has 3 unspecified atom stereocenters. The zero-order chi connectivity index (χ0) is 27.6. The number of nitrogens with one attached hydrogen (secondary N) is 1. The van der Waals surface area contributed by atoms with Crippen molar-refractivity contribution in [2.24, 2.45) is 11.8 Å². The van der Waals surface area contributed by atoms with Gasteiger partial charge < -0.3 is 20.0 Å². The number of hydrogen-bond acceptors (Lipinski definition) is 6. The molecule has 2 rings (SSSR count). The van der Waals surface area contributed by atoms with Gasteiger partial charge >= 0.3 is 6.09 Å². The average Bonchev–Trinajstić information content (AvgIpc) is 2.82. The lowest BCUT2D eigenvalue weighted by Gasteiger charge is -2.33. The Bertz CT molecular complexity index is 1090. The Morgan fingerprint density at radius 2 is 1.68 bits per heavy atom. The summed E-state index contributed by atoms with van der Waals surface area (Å²) in [6.07, 6.45) is 0.678. The molecule has 3 atom stereocenters. The van der Waals surface area contributed by atoms with Gasteiger partial charge in [0.25, 0.3) is 0 Å². The molecule has 2 N–H and O–H groups in total. The average molecular weight is 535 g/mol. The molecule has 37 heavy (non-hydrogen) atoms. The number of aryl methyl sites for hydroxylation is 1. The van der Waals surface area contributed by atoms with E-state index in [4.69, 9.17) is 9.57 Å². The third-order valence-electron chi connectivity index (χ3n) is 6.16. The van der Waals surface area contributed by atoms with E-state index in [0.29, 0.717) is 24.2 Å². The number of nitrogens with zero attached hydrogens (tertiary/aromatic N) is 1. The number of carbonyl (C=O) groups excluding carboxylic acids is 1. The molecule has 0 saturated carbocycles. The minimum Gasteiger partial charge on any atom is -0.508 e. The fourth-order valence-electron chi connectivity index (χ4n) is 3.97. The van der Waals surface area contributed by atoms with Gasteiger partial charge in [-0.25, -0.2) is 13.2 Å². The lowest BCUT2D eigenvalue weighted by molar-refractivity contribution is 0.0332. The molecule has 0 spiro atoms. The first-order chi connectivity index (χ1) is 17.3. The number of phenolic OH excluding ortho intramolecular Hbond substituents is 1. The van der Waals surface area contributed by atoms with Crippen LogP contribution in [-0.2, 0) is 21.2 Å². The number of ether oxygens (including phenoxy) is 1. The van der Waals surface area contributed by atoms with Crippen molar-refractivity contribution in [3.63, 3.8) is 0 Å². The van der Waals surface area contributed by atoms with E-state index in [2.05, 4.69) is 5.32 Å². The summed E-state index contributed by atoms with van der Waals surface area (Å²) in [5.74, 6) is 0.0459. The number of phenols is 1. The maximum Gasteiger partial charge on any atom is 0.407 e. The number of aromatic hydroxyl groups is 1. The minimum atomic E-state index is -3.93. The van der Waals surface area contributed by atoms with Crippen LogP contribution in [0.4, 0.5) is 4.79 Å². The molecule has 0 bridgehead atoms. The van der Waals surface area contributed by atoms with Crippen molar-refractivity contribution < 1.29 is 27.9 Å². The fourth-order valence-corrected chi connectivity index (χ4v) is 6.13. The Hall–Kier alpha value is -2.78. The predicted molar refractivity (Wildman–Crippen MR) is 146 cm³/mol. The van der Waals surface area contributed by atoms with Gasteiger partial charge in [-0.3, -0.25) is 0 Å². The first-order valence-electron chi connectivity index (χ1n) is 12.8. The highest BCUT2D eigenvalue weighted by molar-refractivity contribution is 7.89. The maximum absolute atomic E-state index is 14.0. The van der Waals surface area contributed by atoms with E-state index in [-0.39, 0.29) is 37.1 Å². The molecule has 0 aromatic heterocycles. The van der Waals surface area contributed by atoms with Crippen LogP contribution in [0.3, 0.4) is 0 Å². The van der Waals surface area contributed by atoms with Crippen molar-refractivity contribution in [1.29, 1.82) is 0 Å². The SMILES string of the molecule is CCCN(Oc1ccccc1)S(=O)(=O)C(CCc1ccccc1O)C(C)C(C)CNC(=O)OC(C)(C)C. The van der Waals surface area contributed by atoms with Crippen molar-refractivity contribution in [3.05, 3.63) is 60.2 Å². The minimum absolute atomic E-state index is 0.136. The predicted octanol–water partition coefficient (Wildman–Crippen LogP) is 5.53. The van der Waals surface area contributed by atoms with Crippen molar-refractivity contribution in [1.82, 2.24) is 9.79 Å². The van der Waals surface area contributed by atoms with E-state index in [1.165, 1.54) is 0 Å². The standard InChI is InChI=1S/C28H42N2O6S/c1-7-19-30(36-24-14-9-8-10-15-24)37(33,34)26(18-17-23-13-11-12-16-25(23)31)22(3)21(2)20-29-27(32)35-28(4,5)6/h8-16,21-22,26,31H,7,17-20H2,1-6H3,(H,29,32). The first-order valence-corrected chi connectivity index (χ1v) is 14.3. The maximum atomic E-state index is 14.0. The van der Waals surface area contributed by atoms with Crippen LogP contribution in [0.5, 0.6) is 11.5 Å². The Labute approximate surface area is 222 Å². The van der Waals surface area contributed by atoms with Crippen molar-refractivity contribution in [2.45, 2.75) is 71.7 Å². The van der Waals surface area contributed by atoms with E-state index in [1.54, 1.807) is 63.2 Å². The number of amides is 1. The number of benzene rings is 2. The van der Waals surface area contributed by atoms with Crippen LogP contribution in [0.25, 0.3) is 0 Å². The topological polar surface area (TPSA) is 105 Å². The van der Waals surface area contributed by atoms with E-state index < -0.39 is 27.0 Å². The monoisotopic (exact) mass is 534 g/mol. The largest absolute Gasteiger partial charge is 0.508 e. The summed E-state index contributed by atoms with van der Waals surface area (Å²) < 4.78 is 34.5. The van der Waals surface area contributed by atoms with Crippen LogP contribution in [0, 0.1) is 11.8 Å². The summed E-state index contributed by atoms with van der Waals surface area (Å²) in [4.78, 5) is 18.1. The number of hydroxylamine groups is 1. The van der Waals surface area contributed by atoms with Gasteiger partial charge in [-0.1, -0.05) is 57.2 Å². The van der Waals surface area contributed by atoms with E-state index >= 15 is 0 Å². The molecule has 0 aliphatic rings. The summed E-state index contributed by atoms with van der Waals surface area (Å²) in [7, 11) is -3.93. The van der Waals surface area contributed by atoms with Gasteiger partial charge in [-0.15, -0.1) is 0 Å². The third-order valence-corrected chi connectivity index (χ3v) is 8.42. The molecule has 9 heteroatoms. The third kappa shape index (κ3) is 9.55. The van der Waals surface area contributed by atoms with Crippen molar-refractivity contribution in [2.75, 3.05) is 13.1 Å². The summed E-state index contributed by atoms with van der Waals surface area (Å²) in [5.41, 5.74) is 0.0539. The van der Waals surface area contributed by atoms with Crippen LogP contribution < -0.4 is 10.2 Å². The summed E-state index contributed by atoms with van der Waals surface area (Å²) in [6, 6.07) is 15.8. The number of para-hydroxylation sites is 2. The molecule has 0 fully saturated rings. The van der Waals surface area contributed by atoms with Gasteiger partial charge in [0, 0.05) is 6.54 Å². The number of hydrogen-bond donors (Lipinski definition) is 2. The van der Waals surface area contributed by atoms with Crippen molar-refractivity contribution >= 4 is 16.1 Å². The second-order valence-corrected chi connectivity index (χ2v) is 12.4. The summed E-state index contributed by atoms with van der Waals surface area (Å²) in [6.45, 7) is 11.5.